The second-order valence-corrected chi connectivity index (χ2v) is 3.59. The predicted octanol–water partition coefficient (Wildman–Crippen LogP) is 0.198. The van der Waals surface area contributed by atoms with Crippen molar-refractivity contribution < 1.29 is 19.4 Å². The number of morpholine rings is 1. The van der Waals surface area contributed by atoms with Gasteiger partial charge in [-0.05, 0) is 6.92 Å². The number of hydrogen-bond donors (Lipinski definition) is 1. The van der Waals surface area contributed by atoms with E-state index in [4.69, 9.17) is 14.6 Å². The Morgan fingerprint density at radius 3 is 3.13 bits per heavy atom. The van der Waals surface area contributed by atoms with E-state index in [-0.39, 0.29) is 12.5 Å². The standard InChI is InChI=1S/C10H19NO4/c1-2-14-5-3-11-4-6-15-9(8-11)7-10(12)13/h9H,2-8H2,1H3,(H,12,13). The molecule has 1 unspecified atom stereocenters. The molecule has 0 aromatic rings. The highest BCUT2D eigenvalue weighted by Crippen LogP contribution is 2.08. The van der Waals surface area contributed by atoms with Crippen LogP contribution in [0.1, 0.15) is 13.3 Å². The maximum Gasteiger partial charge on any atom is 0.306 e. The molecule has 15 heavy (non-hydrogen) atoms. The van der Waals surface area contributed by atoms with E-state index in [0.717, 1.165) is 19.7 Å². The largest absolute Gasteiger partial charge is 0.481 e. The van der Waals surface area contributed by atoms with Gasteiger partial charge in [-0.25, -0.2) is 0 Å². The van der Waals surface area contributed by atoms with Crippen LogP contribution in [0.2, 0.25) is 0 Å². The normalized spacial score (nSPS) is 22.9. The SMILES string of the molecule is CCOCCN1CCOC(CC(=O)O)C1. The highest BCUT2D eigenvalue weighted by Gasteiger charge is 2.22. The van der Waals surface area contributed by atoms with E-state index in [1.165, 1.54) is 0 Å². The molecule has 0 radical (unpaired) electrons. The Morgan fingerprint density at radius 2 is 2.47 bits per heavy atom. The Bertz CT molecular complexity index is 198. The van der Waals surface area contributed by atoms with Crippen LogP contribution in [0.4, 0.5) is 0 Å². The number of hydrogen-bond acceptors (Lipinski definition) is 4. The maximum absolute atomic E-state index is 10.5. The highest BCUT2D eigenvalue weighted by atomic mass is 16.5. The first kappa shape index (κ1) is 12.4. The van der Waals surface area contributed by atoms with E-state index in [2.05, 4.69) is 4.90 Å². The van der Waals surface area contributed by atoms with E-state index < -0.39 is 5.97 Å². The average molecular weight is 217 g/mol. The predicted molar refractivity (Wildman–Crippen MR) is 54.9 cm³/mol. The Balaban J connectivity index is 2.19. The molecule has 1 aliphatic heterocycles. The highest BCUT2D eigenvalue weighted by molar-refractivity contribution is 5.67. The van der Waals surface area contributed by atoms with Gasteiger partial charge in [0.05, 0.1) is 25.7 Å². The Hall–Kier alpha value is -0.650. The van der Waals surface area contributed by atoms with E-state index >= 15 is 0 Å². The molecule has 0 saturated carbocycles. The van der Waals surface area contributed by atoms with Crippen LogP contribution in [-0.2, 0) is 14.3 Å². The molecule has 0 aliphatic carbocycles. The maximum atomic E-state index is 10.5. The van der Waals surface area contributed by atoms with Gasteiger partial charge >= 0.3 is 5.97 Å². The molecule has 0 bridgehead atoms. The number of carboxylic acid groups (broad SMARTS) is 1. The number of nitrogens with zero attached hydrogens (tertiary/aromatic N) is 1. The van der Waals surface area contributed by atoms with Crippen molar-refractivity contribution in [1.29, 1.82) is 0 Å². The molecule has 1 fully saturated rings. The molecule has 0 amide bonds. The van der Waals surface area contributed by atoms with Gasteiger partial charge in [-0.15, -0.1) is 0 Å². The summed E-state index contributed by atoms with van der Waals surface area (Å²) in [5.74, 6) is -0.799. The quantitative estimate of drug-likeness (QED) is 0.644. The summed E-state index contributed by atoms with van der Waals surface area (Å²) in [6, 6.07) is 0. The minimum Gasteiger partial charge on any atom is -0.481 e. The summed E-state index contributed by atoms with van der Waals surface area (Å²) >= 11 is 0. The van der Waals surface area contributed by atoms with Gasteiger partial charge in [0.15, 0.2) is 0 Å². The first-order valence-corrected chi connectivity index (χ1v) is 5.36. The molecule has 1 aliphatic rings. The van der Waals surface area contributed by atoms with Crippen molar-refractivity contribution in [2.75, 3.05) is 39.5 Å². The molecule has 1 atom stereocenters. The monoisotopic (exact) mass is 217 g/mol. The summed E-state index contributed by atoms with van der Waals surface area (Å²) in [7, 11) is 0. The van der Waals surface area contributed by atoms with E-state index in [0.29, 0.717) is 19.8 Å². The first-order valence-electron chi connectivity index (χ1n) is 5.36. The molecular formula is C10H19NO4. The number of aliphatic carboxylic acids is 1. The summed E-state index contributed by atoms with van der Waals surface area (Å²) in [6.45, 7) is 6.42. The fourth-order valence-corrected chi connectivity index (χ4v) is 1.64. The van der Waals surface area contributed by atoms with Gasteiger partial charge < -0.3 is 14.6 Å². The minimum atomic E-state index is -0.799. The molecule has 1 heterocycles. The first-order chi connectivity index (χ1) is 7.22. The Morgan fingerprint density at radius 1 is 1.67 bits per heavy atom. The van der Waals surface area contributed by atoms with E-state index in [9.17, 15) is 4.79 Å². The summed E-state index contributed by atoms with van der Waals surface area (Å²) in [5, 5.41) is 8.64. The van der Waals surface area contributed by atoms with Gasteiger partial charge in [-0.1, -0.05) is 0 Å². The molecule has 0 aromatic heterocycles. The average Bonchev–Trinajstić information content (AvgIpc) is 2.18. The van der Waals surface area contributed by atoms with Crippen LogP contribution in [0.25, 0.3) is 0 Å². The number of carboxylic acids is 1. The number of rotatable bonds is 6. The van der Waals surface area contributed by atoms with Crippen LogP contribution in [0, 0.1) is 0 Å². The van der Waals surface area contributed by atoms with Crippen LogP contribution in [0.5, 0.6) is 0 Å². The molecule has 1 N–H and O–H groups in total. The molecule has 5 heteroatoms. The lowest BCUT2D eigenvalue weighted by atomic mass is 10.2. The van der Waals surface area contributed by atoms with E-state index in [1.54, 1.807) is 0 Å². The smallest absolute Gasteiger partial charge is 0.306 e. The van der Waals surface area contributed by atoms with Crippen molar-refractivity contribution in [2.45, 2.75) is 19.4 Å². The molecule has 0 aromatic carbocycles. The summed E-state index contributed by atoms with van der Waals surface area (Å²) in [6.07, 6.45) is -0.0802. The number of carbonyl (C=O) groups is 1. The van der Waals surface area contributed by atoms with Crippen molar-refractivity contribution in [1.82, 2.24) is 4.90 Å². The molecule has 5 nitrogen and oxygen atoms in total. The molecule has 0 spiro atoms. The zero-order chi connectivity index (χ0) is 11.1. The zero-order valence-electron chi connectivity index (χ0n) is 9.15. The van der Waals surface area contributed by atoms with Crippen molar-refractivity contribution in [2.24, 2.45) is 0 Å². The van der Waals surface area contributed by atoms with Crippen LogP contribution >= 0.6 is 0 Å². The lowest BCUT2D eigenvalue weighted by molar-refractivity contribution is -0.142. The molecule has 1 rings (SSSR count). The lowest BCUT2D eigenvalue weighted by Crippen LogP contribution is -2.44. The van der Waals surface area contributed by atoms with Gasteiger partial charge in [0.2, 0.25) is 0 Å². The fraction of sp³-hybridized carbons (Fsp3) is 0.900. The van der Waals surface area contributed by atoms with Crippen LogP contribution in [0.3, 0.4) is 0 Å². The van der Waals surface area contributed by atoms with Crippen LogP contribution in [-0.4, -0.2) is 61.5 Å². The Kier molecular flexibility index (Phi) is 5.60. The Labute approximate surface area is 90.0 Å². The van der Waals surface area contributed by atoms with Gasteiger partial charge in [0.1, 0.15) is 0 Å². The third kappa shape index (κ3) is 5.11. The summed E-state index contributed by atoms with van der Waals surface area (Å²) in [4.78, 5) is 12.7. The van der Waals surface area contributed by atoms with Gasteiger partial charge in [-0.2, -0.15) is 0 Å². The van der Waals surface area contributed by atoms with E-state index in [1.807, 2.05) is 6.92 Å². The molecule has 88 valence electrons. The third-order valence-electron chi connectivity index (χ3n) is 2.38. The second-order valence-electron chi connectivity index (χ2n) is 3.59. The van der Waals surface area contributed by atoms with Gasteiger partial charge in [-0.3, -0.25) is 9.69 Å². The van der Waals surface area contributed by atoms with Crippen molar-refractivity contribution in [3.8, 4) is 0 Å². The second kappa shape index (κ2) is 6.76. The third-order valence-corrected chi connectivity index (χ3v) is 2.38. The molecular weight excluding hydrogens is 198 g/mol. The lowest BCUT2D eigenvalue weighted by Gasteiger charge is -2.32. The minimum absolute atomic E-state index is 0.0884. The van der Waals surface area contributed by atoms with Crippen LogP contribution in [0.15, 0.2) is 0 Å². The summed E-state index contributed by atoms with van der Waals surface area (Å²) < 4.78 is 10.6. The fourth-order valence-electron chi connectivity index (χ4n) is 1.64. The van der Waals surface area contributed by atoms with Crippen molar-refractivity contribution in [3.63, 3.8) is 0 Å². The van der Waals surface area contributed by atoms with Gasteiger partial charge in [0, 0.05) is 26.2 Å². The van der Waals surface area contributed by atoms with Crippen LogP contribution < -0.4 is 0 Å². The topological polar surface area (TPSA) is 59.0 Å². The van der Waals surface area contributed by atoms with Crippen molar-refractivity contribution >= 4 is 5.97 Å². The molecule has 1 saturated heterocycles. The van der Waals surface area contributed by atoms with Gasteiger partial charge in [0.25, 0.3) is 0 Å². The summed E-state index contributed by atoms with van der Waals surface area (Å²) in [5.41, 5.74) is 0. The number of ether oxygens (including phenoxy) is 2. The van der Waals surface area contributed by atoms with Crippen molar-refractivity contribution in [3.05, 3.63) is 0 Å². The zero-order valence-corrected chi connectivity index (χ0v) is 9.15.